The van der Waals surface area contributed by atoms with Crippen LogP contribution in [-0.2, 0) is 9.47 Å². The Morgan fingerprint density at radius 1 is 1.45 bits per heavy atom. The summed E-state index contributed by atoms with van der Waals surface area (Å²) < 4.78 is 10.7. The average molecular weight is 279 g/mol. The Balaban J connectivity index is 2.14. The highest BCUT2D eigenvalue weighted by Gasteiger charge is 2.45. The molecule has 1 aliphatic heterocycles. The molecule has 2 rings (SSSR count). The first-order valence-corrected chi connectivity index (χ1v) is 6.70. The van der Waals surface area contributed by atoms with Gasteiger partial charge in [0.05, 0.1) is 11.6 Å². The molecule has 1 aromatic rings. The number of nitrogens with one attached hydrogen (secondary N) is 1. The van der Waals surface area contributed by atoms with Crippen LogP contribution in [-0.4, -0.2) is 42.2 Å². The Bertz CT molecular complexity index is 464. The van der Waals surface area contributed by atoms with Crippen LogP contribution in [0.1, 0.15) is 30.6 Å². The minimum absolute atomic E-state index is 0.212. The third kappa shape index (κ3) is 3.00. The molecule has 0 saturated carbocycles. The Morgan fingerprint density at radius 3 is 2.70 bits per heavy atom. The third-order valence-corrected chi connectivity index (χ3v) is 3.75. The monoisotopic (exact) mass is 279 g/mol. The van der Waals surface area contributed by atoms with Gasteiger partial charge in [-0.1, -0.05) is 18.2 Å². The number of carbonyl (C=O) groups is 1. The molecule has 110 valence electrons. The number of hydrogen-bond acceptors (Lipinski definition) is 4. The zero-order valence-electron chi connectivity index (χ0n) is 12.0. The summed E-state index contributed by atoms with van der Waals surface area (Å²) in [5.74, 6) is -0.212. The number of ether oxygens (including phenoxy) is 2. The molecule has 1 heterocycles. The van der Waals surface area contributed by atoms with Gasteiger partial charge >= 0.3 is 0 Å². The highest BCUT2D eigenvalue weighted by atomic mass is 16.7. The van der Waals surface area contributed by atoms with E-state index in [-0.39, 0.29) is 5.91 Å². The SMILES string of the molecule is CO[C@@H]1C[C@](C)(NC(=O)c2ccccc2)[C@H](O)[C@@H](C)O1. The van der Waals surface area contributed by atoms with Crippen LogP contribution in [0.25, 0.3) is 0 Å². The van der Waals surface area contributed by atoms with Crippen LogP contribution in [0.4, 0.5) is 0 Å². The van der Waals surface area contributed by atoms with Gasteiger partial charge in [0, 0.05) is 19.1 Å². The fraction of sp³-hybridized carbons (Fsp3) is 0.533. The van der Waals surface area contributed by atoms with Crippen LogP contribution < -0.4 is 5.32 Å². The van der Waals surface area contributed by atoms with Crippen molar-refractivity contribution in [2.45, 2.75) is 44.3 Å². The molecule has 0 aliphatic carbocycles. The minimum Gasteiger partial charge on any atom is -0.388 e. The topological polar surface area (TPSA) is 67.8 Å². The van der Waals surface area contributed by atoms with E-state index in [0.717, 1.165) is 0 Å². The number of aliphatic hydroxyl groups excluding tert-OH is 1. The lowest BCUT2D eigenvalue weighted by atomic mass is 9.85. The second-order valence-corrected chi connectivity index (χ2v) is 5.39. The molecule has 0 aromatic heterocycles. The fourth-order valence-electron chi connectivity index (χ4n) is 2.53. The summed E-state index contributed by atoms with van der Waals surface area (Å²) >= 11 is 0. The molecule has 20 heavy (non-hydrogen) atoms. The first kappa shape index (κ1) is 15.0. The Hall–Kier alpha value is -1.43. The lowest BCUT2D eigenvalue weighted by molar-refractivity contribution is -0.230. The smallest absolute Gasteiger partial charge is 0.251 e. The number of hydrogen-bond donors (Lipinski definition) is 2. The van der Waals surface area contributed by atoms with E-state index < -0.39 is 24.0 Å². The van der Waals surface area contributed by atoms with Crippen LogP contribution >= 0.6 is 0 Å². The van der Waals surface area contributed by atoms with Gasteiger partial charge in [0.1, 0.15) is 6.10 Å². The van der Waals surface area contributed by atoms with Crippen molar-refractivity contribution < 1.29 is 19.4 Å². The summed E-state index contributed by atoms with van der Waals surface area (Å²) in [5.41, 5.74) is -0.223. The van der Waals surface area contributed by atoms with Crippen molar-refractivity contribution in [2.24, 2.45) is 0 Å². The molecule has 0 radical (unpaired) electrons. The summed E-state index contributed by atoms with van der Waals surface area (Å²) in [5, 5.41) is 13.2. The van der Waals surface area contributed by atoms with Gasteiger partial charge in [0.25, 0.3) is 5.91 Å². The van der Waals surface area contributed by atoms with Gasteiger partial charge in [-0.3, -0.25) is 4.79 Å². The molecule has 0 unspecified atom stereocenters. The standard InChI is InChI=1S/C15H21NO4/c1-10-13(17)15(2,9-12(19-3)20-10)16-14(18)11-7-5-4-6-8-11/h4-8,10,12-13,17H,9H2,1-3H3,(H,16,18)/t10-,12+,13-,15+/m1/s1. The van der Waals surface area contributed by atoms with Crippen molar-refractivity contribution in [3.05, 3.63) is 35.9 Å². The maximum Gasteiger partial charge on any atom is 0.251 e. The van der Waals surface area contributed by atoms with Gasteiger partial charge in [-0.05, 0) is 26.0 Å². The second-order valence-electron chi connectivity index (χ2n) is 5.39. The van der Waals surface area contributed by atoms with Crippen molar-refractivity contribution >= 4 is 5.91 Å². The van der Waals surface area contributed by atoms with Crippen molar-refractivity contribution in [3.8, 4) is 0 Å². The first-order valence-electron chi connectivity index (χ1n) is 6.70. The quantitative estimate of drug-likeness (QED) is 0.875. The van der Waals surface area contributed by atoms with Crippen LogP contribution in [0, 0.1) is 0 Å². The molecule has 0 bridgehead atoms. The van der Waals surface area contributed by atoms with Crippen molar-refractivity contribution in [1.82, 2.24) is 5.32 Å². The van der Waals surface area contributed by atoms with E-state index in [0.29, 0.717) is 12.0 Å². The maximum absolute atomic E-state index is 12.3. The summed E-state index contributed by atoms with van der Waals surface area (Å²) in [6, 6.07) is 8.94. The minimum atomic E-state index is -0.790. The molecule has 0 spiro atoms. The Kier molecular flexibility index (Phi) is 4.42. The van der Waals surface area contributed by atoms with Crippen LogP contribution in [0.15, 0.2) is 30.3 Å². The molecule has 1 saturated heterocycles. The Labute approximate surface area is 118 Å². The number of benzene rings is 1. The summed E-state index contributed by atoms with van der Waals surface area (Å²) in [6.45, 7) is 3.58. The van der Waals surface area contributed by atoms with E-state index in [1.54, 1.807) is 38.3 Å². The predicted octanol–water partition coefficient (Wildman–Crippen LogP) is 1.32. The molecule has 5 nitrogen and oxygen atoms in total. The molecule has 1 aromatic carbocycles. The molecule has 1 aliphatic rings. The van der Waals surface area contributed by atoms with Gasteiger partial charge in [-0.25, -0.2) is 0 Å². The highest BCUT2D eigenvalue weighted by Crippen LogP contribution is 2.29. The largest absolute Gasteiger partial charge is 0.388 e. The van der Waals surface area contributed by atoms with Crippen LogP contribution in [0.5, 0.6) is 0 Å². The molecule has 4 atom stereocenters. The van der Waals surface area contributed by atoms with Crippen molar-refractivity contribution in [3.63, 3.8) is 0 Å². The Morgan fingerprint density at radius 2 is 2.10 bits per heavy atom. The zero-order chi connectivity index (χ0) is 14.8. The van der Waals surface area contributed by atoms with E-state index in [2.05, 4.69) is 5.32 Å². The fourth-order valence-corrected chi connectivity index (χ4v) is 2.53. The highest BCUT2D eigenvalue weighted by molar-refractivity contribution is 5.94. The number of rotatable bonds is 3. The summed E-state index contributed by atoms with van der Waals surface area (Å²) in [7, 11) is 1.55. The van der Waals surface area contributed by atoms with Gasteiger partial charge < -0.3 is 19.9 Å². The van der Waals surface area contributed by atoms with Crippen molar-refractivity contribution in [2.75, 3.05) is 7.11 Å². The van der Waals surface area contributed by atoms with E-state index in [1.165, 1.54) is 0 Å². The van der Waals surface area contributed by atoms with Gasteiger partial charge in [-0.2, -0.15) is 0 Å². The average Bonchev–Trinajstić information content (AvgIpc) is 2.45. The normalized spacial score (nSPS) is 33.7. The lowest BCUT2D eigenvalue weighted by Gasteiger charge is -2.45. The zero-order valence-corrected chi connectivity index (χ0v) is 12.0. The number of carbonyl (C=O) groups excluding carboxylic acids is 1. The first-order chi connectivity index (χ1) is 9.46. The van der Waals surface area contributed by atoms with E-state index in [9.17, 15) is 9.90 Å². The number of aliphatic hydroxyl groups is 1. The number of amides is 1. The number of methoxy groups -OCH3 is 1. The summed E-state index contributed by atoms with van der Waals surface area (Å²) in [4.78, 5) is 12.3. The molecular formula is C15H21NO4. The maximum atomic E-state index is 12.3. The van der Waals surface area contributed by atoms with E-state index in [4.69, 9.17) is 9.47 Å². The van der Waals surface area contributed by atoms with Crippen LogP contribution in [0.3, 0.4) is 0 Å². The van der Waals surface area contributed by atoms with Crippen molar-refractivity contribution in [1.29, 1.82) is 0 Å². The molecular weight excluding hydrogens is 258 g/mol. The van der Waals surface area contributed by atoms with E-state index >= 15 is 0 Å². The molecule has 1 amide bonds. The summed E-state index contributed by atoms with van der Waals surface area (Å²) in [6.07, 6.45) is -1.24. The third-order valence-electron chi connectivity index (χ3n) is 3.75. The van der Waals surface area contributed by atoms with Gasteiger partial charge in [-0.15, -0.1) is 0 Å². The molecule has 1 fully saturated rings. The predicted molar refractivity (Wildman–Crippen MR) is 74.3 cm³/mol. The lowest BCUT2D eigenvalue weighted by Crippen LogP contribution is -2.63. The van der Waals surface area contributed by atoms with E-state index in [1.807, 2.05) is 13.0 Å². The molecule has 2 N–H and O–H groups in total. The molecule has 5 heteroatoms. The van der Waals surface area contributed by atoms with Gasteiger partial charge in [0.15, 0.2) is 6.29 Å². The van der Waals surface area contributed by atoms with Crippen LogP contribution in [0.2, 0.25) is 0 Å². The second kappa shape index (κ2) is 5.91. The van der Waals surface area contributed by atoms with Gasteiger partial charge in [0.2, 0.25) is 0 Å².